The van der Waals surface area contributed by atoms with Gasteiger partial charge in [-0.2, -0.15) is 0 Å². The van der Waals surface area contributed by atoms with E-state index in [1.165, 1.54) is 0 Å². The molecule has 2 aromatic rings. The first-order valence-corrected chi connectivity index (χ1v) is 5.97. The number of ether oxygens (including phenoxy) is 1. The highest BCUT2D eigenvalue weighted by Crippen LogP contribution is 2.13. The highest BCUT2D eigenvalue weighted by Gasteiger charge is 2.01. The number of anilines is 2. The van der Waals surface area contributed by atoms with Gasteiger partial charge in [-0.1, -0.05) is 0 Å². The summed E-state index contributed by atoms with van der Waals surface area (Å²) in [7, 11) is 3.44. The molecule has 6 heteroatoms. The average molecular weight is 259 g/mol. The van der Waals surface area contributed by atoms with Gasteiger partial charge in [0.2, 0.25) is 5.88 Å². The van der Waals surface area contributed by atoms with Crippen molar-refractivity contribution in [3.05, 3.63) is 35.8 Å². The second kappa shape index (κ2) is 5.99. The largest absolute Gasteiger partial charge is 0.481 e. The molecule has 0 spiro atoms. The van der Waals surface area contributed by atoms with Crippen molar-refractivity contribution < 1.29 is 4.74 Å². The van der Waals surface area contributed by atoms with E-state index in [-0.39, 0.29) is 0 Å². The summed E-state index contributed by atoms with van der Waals surface area (Å²) < 4.78 is 5.09. The molecular formula is C13H17N5O. The second-order valence-corrected chi connectivity index (χ2v) is 4.00. The molecule has 0 bridgehead atoms. The highest BCUT2D eigenvalue weighted by atomic mass is 16.5. The first kappa shape index (κ1) is 13.1. The molecule has 0 radical (unpaired) electrons. The molecule has 0 aromatic carbocycles. The maximum Gasteiger partial charge on any atom is 0.213 e. The molecule has 2 aromatic heterocycles. The molecule has 0 atom stereocenters. The van der Waals surface area contributed by atoms with Crippen LogP contribution in [0.5, 0.6) is 5.88 Å². The number of pyridine rings is 1. The van der Waals surface area contributed by atoms with Crippen LogP contribution >= 0.6 is 0 Å². The van der Waals surface area contributed by atoms with Gasteiger partial charge >= 0.3 is 0 Å². The minimum absolute atomic E-state index is 0.606. The predicted molar refractivity (Wildman–Crippen MR) is 74.4 cm³/mol. The Labute approximate surface area is 112 Å². The lowest BCUT2D eigenvalue weighted by Gasteiger charge is -2.09. The van der Waals surface area contributed by atoms with Gasteiger partial charge in [0.1, 0.15) is 17.5 Å². The van der Waals surface area contributed by atoms with Crippen LogP contribution in [0.4, 0.5) is 11.6 Å². The molecule has 0 aliphatic rings. The molecule has 100 valence electrons. The Morgan fingerprint density at radius 3 is 2.74 bits per heavy atom. The van der Waals surface area contributed by atoms with E-state index in [9.17, 15) is 0 Å². The number of nitrogens with zero attached hydrogens (tertiary/aromatic N) is 3. The van der Waals surface area contributed by atoms with Crippen LogP contribution in [0.15, 0.2) is 24.4 Å². The summed E-state index contributed by atoms with van der Waals surface area (Å²) in [6.45, 7) is 2.51. The molecule has 0 saturated heterocycles. The van der Waals surface area contributed by atoms with Crippen LogP contribution in [0.2, 0.25) is 0 Å². The first-order valence-electron chi connectivity index (χ1n) is 5.97. The van der Waals surface area contributed by atoms with E-state index in [1.807, 2.05) is 32.2 Å². The third-order valence-electron chi connectivity index (χ3n) is 2.58. The average Bonchev–Trinajstić information content (AvgIpc) is 2.44. The number of hydrogen-bond acceptors (Lipinski definition) is 6. The monoisotopic (exact) mass is 259 g/mol. The summed E-state index contributed by atoms with van der Waals surface area (Å²) in [5, 5.41) is 6.26. The van der Waals surface area contributed by atoms with Crippen molar-refractivity contribution in [1.82, 2.24) is 15.0 Å². The van der Waals surface area contributed by atoms with Crippen LogP contribution in [0.1, 0.15) is 11.4 Å². The Bertz CT molecular complexity index is 558. The van der Waals surface area contributed by atoms with Gasteiger partial charge in [0.25, 0.3) is 0 Å². The van der Waals surface area contributed by atoms with Crippen LogP contribution < -0.4 is 15.4 Å². The van der Waals surface area contributed by atoms with Crippen molar-refractivity contribution in [1.29, 1.82) is 0 Å². The topological polar surface area (TPSA) is 72.0 Å². The maximum atomic E-state index is 5.09. The van der Waals surface area contributed by atoms with Gasteiger partial charge in [-0.05, 0) is 18.6 Å². The maximum absolute atomic E-state index is 5.09. The van der Waals surface area contributed by atoms with E-state index in [1.54, 1.807) is 13.3 Å². The minimum Gasteiger partial charge on any atom is -0.481 e. The van der Waals surface area contributed by atoms with Crippen LogP contribution in [-0.4, -0.2) is 29.1 Å². The highest BCUT2D eigenvalue weighted by molar-refractivity contribution is 5.47. The van der Waals surface area contributed by atoms with Gasteiger partial charge in [0.15, 0.2) is 0 Å². The van der Waals surface area contributed by atoms with Crippen molar-refractivity contribution in [2.45, 2.75) is 13.5 Å². The number of aromatic nitrogens is 3. The van der Waals surface area contributed by atoms with Crippen LogP contribution in [0, 0.1) is 6.92 Å². The Balaban J connectivity index is 2.07. The summed E-state index contributed by atoms with van der Waals surface area (Å²) >= 11 is 0. The van der Waals surface area contributed by atoms with E-state index >= 15 is 0 Å². The fourth-order valence-electron chi connectivity index (χ4n) is 1.65. The van der Waals surface area contributed by atoms with E-state index < -0.39 is 0 Å². The zero-order chi connectivity index (χ0) is 13.7. The lowest BCUT2D eigenvalue weighted by molar-refractivity contribution is 0.397. The zero-order valence-corrected chi connectivity index (χ0v) is 11.3. The van der Waals surface area contributed by atoms with Crippen LogP contribution in [0.25, 0.3) is 0 Å². The van der Waals surface area contributed by atoms with Crippen molar-refractivity contribution >= 4 is 11.6 Å². The quantitative estimate of drug-likeness (QED) is 0.853. The Kier molecular flexibility index (Phi) is 4.12. The Morgan fingerprint density at radius 1 is 1.21 bits per heavy atom. The van der Waals surface area contributed by atoms with E-state index in [0.29, 0.717) is 12.4 Å². The van der Waals surface area contributed by atoms with Gasteiger partial charge in [0, 0.05) is 31.9 Å². The summed E-state index contributed by atoms with van der Waals surface area (Å²) in [6.07, 6.45) is 1.72. The molecule has 2 rings (SSSR count). The van der Waals surface area contributed by atoms with Crippen molar-refractivity contribution in [2.75, 3.05) is 24.8 Å². The lowest BCUT2D eigenvalue weighted by Crippen LogP contribution is -2.05. The van der Waals surface area contributed by atoms with Crippen molar-refractivity contribution in [3.63, 3.8) is 0 Å². The van der Waals surface area contributed by atoms with Gasteiger partial charge in [-0.25, -0.2) is 15.0 Å². The van der Waals surface area contributed by atoms with E-state index in [0.717, 1.165) is 23.0 Å². The molecular weight excluding hydrogens is 242 g/mol. The zero-order valence-electron chi connectivity index (χ0n) is 11.3. The summed E-state index contributed by atoms with van der Waals surface area (Å²) in [6, 6.07) is 5.69. The van der Waals surface area contributed by atoms with Crippen molar-refractivity contribution in [3.8, 4) is 5.88 Å². The molecule has 0 saturated carbocycles. The normalized spacial score (nSPS) is 10.1. The number of hydrogen-bond donors (Lipinski definition) is 2. The third kappa shape index (κ3) is 3.54. The van der Waals surface area contributed by atoms with Gasteiger partial charge < -0.3 is 15.4 Å². The fraction of sp³-hybridized carbons (Fsp3) is 0.308. The molecule has 2 N–H and O–H groups in total. The Morgan fingerprint density at radius 2 is 2.00 bits per heavy atom. The van der Waals surface area contributed by atoms with Gasteiger partial charge in [-0.3, -0.25) is 0 Å². The van der Waals surface area contributed by atoms with Gasteiger partial charge in [-0.15, -0.1) is 0 Å². The van der Waals surface area contributed by atoms with Gasteiger partial charge in [0.05, 0.1) is 7.11 Å². The van der Waals surface area contributed by atoms with Crippen LogP contribution in [-0.2, 0) is 6.54 Å². The van der Waals surface area contributed by atoms with Crippen molar-refractivity contribution in [2.24, 2.45) is 0 Å². The van der Waals surface area contributed by atoms with E-state index in [2.05, 4.69) is 25.6 Å². The summed E-state index contributed by atoms with van der Waals surface area (Å²) in [5.74, 6) is 2.91. The minimum atomic E-state index is 0.606. The number of methoxy groups -OCH3 is 1. The molecule has 19 heavy (non-hydrogen) atoms. The number of aryl methyl sites for hydroxylation is 1. The number of nitrogens with one attached hydrogen (secondary N) is 2. The molecule has 2 heterocycles. The summed E-state index contributed by atoms with van der Waals surface area (Å²) in [4.78, 5) is 12.6. The first-order chi connectivity index (χ1) is 9.21. The molecule has 0 aliphatic heterocycles. The van der Waals surface area contributed by atoms with Crippen LogP contribution in [0.3, 0.4) is 0 Å². The SMILES string of the molecule is CNc1cc(NCc2ccnc(OC)c2)nc(C)n1. The molecule has 0 amide bonds. The smallest absolute Gasteiger partial charge is 0.213 e. The molecule has 0 aliphatic carbocycles. The second-order valence-electron chi connectivity index (χ2n) is 4.00. The summed E-state index contributed by atoms with van der Waals surface area (Å²) in [5.41, 5.74) is 1.08. The molecule has 6 nitrogen and oxygen atoms in total. The standard InChI is InChI=1S/C13H17N5O/c1-9-17-11(14-2)7-12(18-9)16-8-10-4-5-15-13(6-10)19-3/h4-7H,8H2,1-3H3,(H2,14,16,17,18). The molecule has 0 unspecified atom stereocenters. The third-order valence-corrected chi connectivity index (χ3v) is 2.58. The van der Waals surface area contributed by atoms with E-state index in [4.69, 9.17) is 4.74 Å². The Hall–Kier alpha value is -2.37. The number of rotatable bonds is 5. The lowest BCUT2D eigenvalue weighted by atomic mass is 10.2. The fourth-order valence-corrected chi connectivity index (χ4v) is 1.65. The predicted octanol–water partition coefficient (Wildman–Crippen LogP) is 1.84. The molecule has 0 fully saturated rings.